The fourth-order valence-electron chi connectivity index (χ4n) is 1.96. The Morgan fingerprint density at radius 1 is 1.35 bits per heavy atom. The van der Waals surface area contributed by atoms with Gasteiger partial charge < -0.3 is 10.1 Å². The quantitative estimate of drug-likeness (QED) is 0.849. The fraction of sp³-hybridized carbons (Fsp3) is 0.429. The van der Waals surface area contributed by atoms with E-state index in [1.165, 1.54) is 15.6 Å². The van der Waals surface area contributed by atoms with Crippen LogP contribution in [0.5, 0.6) is 0 Å². The van der Waals surface area contributed by atoms with E-state index in [-0.39, 0.29) is 0 Å². The van der Waals surface area contributed by atoms with Gasteiger partial charge in [-0.15, -0.1) is 11.3 Å². The third kappa shape index (κ3) is 3.06. The predicted octanol–water partition coefficient (Wildman–Crippen LogP) is 3.07. The molecular formula is C14H19NOS. The number of likely N-dealkylation sites (N-methyl/N-ethyl adjacent to an activating group) is 1. The highest BCUT2D eigenvalue weighted by Gasteiger charge is 2.10. The lowest BCUT2D eigenvalue weighted by Gasteiger charge is -2.15. The minimum Gasteiger partial charge on any atom is -0.380 e. The van der Waals surface area contributed by atoms with Gasteiger partial charge >= 0.3 is 0 Å². The molecule has 1 aromatic carbocycles. The monoisotopic (exact) mass is 249 g/mol. The van der Waals surface area contributed by atoms with Crippen molar-refractivity contribution in [2.75, 3.05) is 20.3 Å². The largest absolute Gasteiger partial charge is 0.380 e. The molecule has 0 saturated carbocycles. The molecule has 1 unspecified atom stereocenters. The molecule has 0 saturated heterocycles. The Bertz CT molecular complexity index is 466. The first-order valence-electron chi connectivity index (χ1n) is 6.05. The van der Waals surface area contributed by atoms with E-state index in [0.29, 0.717) is 6.04 Å². The van der Waals surface area contributed by atoms with Crippen LogP contribution in [0.15, 0.2) is 29.6 Å². The number of hydrogen-bond acceptors (Lipinski definition) is 3. The second-order valence-electron chi connectivity index (χ2n) is 4.11. The second kappa shape index (κ2) is 6.15. The van der Waals surface area contributed by atoms with Crippen molar-refractivity contribution in [3.63, 3.8) is 0 Å². The third-order valence-electron chi connectivity index (χ3n) is 2.96. The first-order chi connectivity index (χ1) is 8.35. The van der Waals surface area contributed by atoms with E-state index >= 15 is 0 Å². The summed E-state index contributed by atoms with van der Waals surface area (Å²) in [5, 5.41) is 6.97. The Labute approximate surface area is 107 Å². The summed E-state index contributed by atoms with van der Waals surface area (Å²) in [6.45, 7) is 3.59. The van der Waals surface area contributed by atoms with Crippen LogP contribution in [-0.2, 0) is 11.2 Å². The van der Waals surface area contributed by atoms with Gasteiger partial charge in [0.25, 0.3) is 0 Å². The maximum atomic E-state index is 5.49. The number of fused-ring (bicyclic) bond motifs is 1. The molecule has 2 nitrogen and oxygen atoms in total. The lowest BCUT2D eigenvalue weighted by molar-refractivity contribution is 0.125. The Balaban J connectivity index is 2.11. The molecule has 0 aliphatic heterocycles. The van der Waals surface area contributed by atoms with Gasteiger partial charge in [-0.3, -0.25) is 0 Å². The minimum absolute atomic E-state index is 0.396. The molecule has 1 N–H and O–H groups in total. The average molecular weight is 249 g/mol. The van der Waals surface area contributed by atoms with Gasteiger partial charge in [-0.25, -0.2) is 0 Å². The van der Waals surface area contributed by atoms with E-state index < -0.39 is 0 Å². The van der Waals surface area contributed by atoms with Crippen molar-refractivity contribution < 1.29 is 4.74 Å². The van der Waals surface area contributed by atoms with E-state index in [4.69, 9.17) is 4.74 Å². The molecule has 92 valence electrons. The van der Waals surface area contributed by atoms with Gasteiger partial charge in [0.05, 0.1) is 6.61 Å². The number of rotatable bonds is 6. The summed E-state index contributed by atoms with van der Waals surface area (Å²) < 4.78 is 6.86. The second-order valence-corrected chi connectivity index (χ2v) is 5.02. The third-order valence-corrected chi connectivity index (χ3v) is 3.97. The van der Waals surface area contributed by atoms with Crippen LogP contribution in [0.25, 0.3) is 10.1 Å². The van der Waals surface area contributed by atoms with Gasteiger partial charge in [0.15, 0.2) is 0 Å². The molecule has 2 rings (SSSR count). The van der Waals surface area contributed by atoms with E-state index in [1.54, 1.807) is 0 Å². The first-order valence-corrected chi connectivity index (χ1v) is 6.93. The number of thiophene rings is 1. The Morgan fingerprint density at radius 2 is 2.18 bits per heavy atom. The highest BCUT2D eigenvalue weighted by Crippen LogP contribution is 2.26. The maximum Gasteiger partial charge on any atom is 0.0622 e. The van der Waals surface area contributed by atoms with Crippen LogP contribution in [-0.4, -0.2) is 26.3 Å². The molecule has 0 bridgehead atoms. The highest BCUT2D eigenvalue weighted by molar-refractivity contribution is 7.17. The number of nitrogens with one attached hydrogen (secondary N) is 1. The van der Waals surface area contributed by atoms with Gasteiger partial charge in [-0.05, 0) is 42.8 Å². The molecule has 1 aromatic heterocycles. The van der Waals surface area contributed by atoms with Crippen molar-refractivity contribution >= 4 is 21.4 Å². The zero-order valence-corrected chi connectivity index (χ0v) is 11.2. The summed E-state index contributed by atoms with van der Waals surface area (Å²) in [4.78, 5) is 0. The first kappa shape index (κ1) is 12.6. The lowest BCUT2D eigenvalue weighted by Crippen LogP contribution is -2.32. The number of benzene rings is 1. The topological polar surface area (TPSA) is 21.3 Å². The Kier molecular flexibility index (Phi) is 4.54. The summed E-state index contributed by atoms with van der Waals surface area (Å²) in [6.07, 6.45) is 1.03. The van der Waals surface area contributed by atoms with Crippen LogP contribution in [0.4, 0.5) is 0 Å². The van der Waals surface area contributed by atoms with Crippen LogP contribution in [0, 0.1) is 0 Å². The molecule has 3 heteroatoms. The van der Waals surface area contributed by atoms with Crippen molar-refractivity contribution in [1.29, 1.82) is 0 Å². The summed E-state index contributed by atoms with van der Waals surface area (Å²) in [7, 11) is 2.00. The van der Waals surface area contributed by atoms with Crippen molar-refractivity contribution in [3.8, 4) is 0 Å². The molecule has 1 heterocycles. The van der Waals surface area contributed by atoms with Gasteiger partial charge in [0, 0.05) is 17.3 Å². The molecule has 0 aliphatic carbocycles. The van der Waals surface area contributed by atoms with Crippen molar-refractivity contribution in [1.82, 2.24) is 5.32 Å². The molecule has 0 spiro atoms. The zero-order chi connectivity index (χ0) is 12.1. The van der Waals surface area contributed by atoms with Crippen LogP contribution < -0.4 is 5.32 Å². The number of hydrogen-bond donors (Lipinski definition) is 1. The van der Waals surface area contributed by atoms with Gasteiger partial charge in [0.1, 0.15) is 0 Å². The van der Waals surface area contributed by atoms with E-state index in [2.05, 4.69) is 35.0 Å². The highest BCUT2D eigenvalue weighted by atomic mass is 32.1. The standard InChI is InChI=1S/C14H19NOS/c1-3-16-9-12(15-2)8-11-10-17-14-7-5-4-6-13(11)14/h4-7,10,12,15H,3,8-9H2,1-2H3. The van der Waals surface area contributed by atoms with Crippen LogP contribution >= 0.6 is 11.3 Å². The molecule has 17 heavy (non-hydrogen) atoms. The van der Waals surface area contributed by atoms with E-state index in [1.807, 2.05) is 25.3 Å². The van der Waals surface area contributed by atoms with Crippen LogP contribution in [0.3, 0.4) is 0 Å². The zero-order valence-electron chi connectivity index (χ0n) is 10.4. The van der Waals surface area contributed by atoms with Crippen molar-refractivity contribution in [3.05, 3.63) is 35.2 Å². The lowest BCUT2D eigenvalue weighted by atomic mass is 10.1. The molecule has 0 aliphatic rings. The van der Waals surface area contributed by atoms with Gasteiger partial charge in [-0.2, -0.15) is 0 Å². The minimum atomic E-state index is 0.396. The maximum absolute atomic E-state index is 5.49. The summed E-state index contributed by atoms with van der Waals surface area (Å²) in [5.41, 5.74) is 1.42. The molecular weight excluding hydrogens is 230 g/mol. The Morgan fingerprint density at radius 3 is 2.94 bits per heavy atom. The summed E-state index contributed by atoms with van der Waals surface area (Å²) in [5.74, 6) is 0. The van der Waals surface area contributed by atoms with Gasteiger partial charge in [0.2, 0.25) is 0 Å². The molecule has 1 atom stereocenters. The SMILES string of the molecule is CCOCC(Cc1csc2ccccc12)NC. The smallest absolute Gasteiger partial charge is 0.0622 e. The van der Waals surface area contributed by atoms with Crippen molar-refractivity contribution in [2.24, 2.45) is 0 Å². The average Bonchev–Trinajstić information content (AvgIpc) is 2.78. The molecule has 0 amide bonds. The summed E-state index contributed by atoms with van der Waals surface area (Å²) in [6, 6.07) is 8.98. The fourth-order valence-corrected chi connectivity index (χ4v) is 2.94. The van der Waals surface area contributed by atoms with Crippen LogP contribution in [0.1, 0.15) is 12.5 Å². The molecule has 0 radical (unpaired) electrons. The molecule has 0 fully saturated rings. The van der Waals surface area contributed by atoms with E-state index in [0.717, 1.165) is 19.6 Å². The number of ether oxygens (including phenoxy) is 1. The van der Waals surface area contributed by atoms with E-state index in [9.17, 15) is 0 Å². The van der Waals surface area contributed by atoms with Crippen molar-refractivity contribution in [2.45, 2.75) is 19.4 Å². The normalized spacial score (nSPS) is 13.1. The van der Waals surface area contributed by atoms with Crippen LogP contribution in [0.2, 0.25) is 0 Å². The predicted molar refractivity (Wildman–Crippen MR) is 74.9 cm³/mol. The van der Waals surface area contributed by atoms with Gasteiger partial charge in [-0.1, -0.05) is 18.2 Å². The molecule has 2 aromatic rings. The Hall–Kier alpha value is -0.900. The summed E-state index contributed by atoms with van der Waals surface area (Å²) >= 11 is 1.82.